The first kappa shape index (κ1) is 13.1. The Morgan fingerprint density at radius 2 is 1.54 bits per heavy atom. The zero-order valence-electron chi connectivity index (χ0n) is 9.64. The Balaban J connectivity index is 4.38. The summed E-state index contributed by atoms with van der Waals surface area (Å²) in [5.74, 6) is 0. The van der Waals surface area contributed by atoms with Gasteiger partial charge in [-0.3, -0.25) is 0 Å². The van der Waals surface area contributed by atoms with Crippen molar-refractivity contribution in [2.75, 3.05) is 20.8 Å². The van der Waals surface area contributed by atoms with Crippen LogP contribution in [0.2, 0.25) is 6.04 Å². The minimum atomic E-state index is -2.38. The Morgan fingerprint density at radius 3 is 1.77 bits per heavy atom. The first-order valence-corrected chi connectivity index (χ1v) is 6.56. The van der Waals surface area contributed by atoms with Gasteiger partial charge in [-0.25, -0.2) is 0 Å². The van der Waals surface area contributed by atoms with E-state index in [-0.39, 0.29) is 5.41 Å². The van der Waals surface area contributed by atoms with Crippen LogP contribution < -0.4 is 0 Å². The largest absolute Gasteiger partial charge is 0.500 e. The molecule has 0 heterocycles. The molecule has 0 spiro atoms. The van der Waals surface area contributed by atoms with Gasteiger partial charge >= 0.3 is 8.80 Å². The molecule has 0 saturated carbocycles. The number of hydrogen-bond acceptors (Lipinski definition) is 3. The van der Waals surface area contributed by atoms with E-state index >= 15 is 0 Å². The third-order valence-corrected chi connectivity index (χ3v) is 5.20. The fourth-order valence-electron chi connectivity index (χ4n) is 1.27. The van der Waals surface area contributed by atoms with Crippen LogP contribution in [0.5, 0.6) is 0 Å². The van der Waals surface area contributed by atoms with Gasteiger partial charge in [0.2, 0.25) is 0 Å². The van der Waals surface area contributed by atoms with Crippen LogP contribution in [0.15, 0.2) is 0 Å². The molecule has 0 aromatic rings. The second-order valence-corrected chi connectivity index (χ2v) is 7.09. The average molecular weight is 206 g/mol. The van der Waals surface area contributed by atoms with Crippen LogP contribution in [0.4, 0.5) is 0 Å². The minimum Gasteiger partial charge on any atom is -0.377 e. The van der Waals surface area contributed by atoms with Crippen LogP contribution in [-0.2, 0) is 13.3 Å². The summed E-state index contributed by atoms with van der Waals surface area (Å²) in [4.78, 5) is 0. The van der Waals surface area contributed by atoms with E-state index in [9.17, 15) is 0 Å². The Hall–Kier alpha value is 0.0969. The molecule has 0 bridgehead atoms. The molecule has 0 fully saturated rings. The van der Waals surface area contributed by atoms with Crippen LogP contribution in [0.25, 0.3) is 0 Å². The second-order valence-electron chi connectivity index (χ2n) is 4.26. The standard InChI is InChI=1S/C9H22O3Si/c1-7-12-13(10-5,11-6)8-9(2,3)4/h7-8H2,1-6H3. The highest BCUT2D eigenvalue weighted by molar-refractivity contribution is 6.60. The highest BCUT2D eigenvalue weighted by atomic mass is 28.4. The summed E-state index contributed by atoms with van der Waals surface area (Å²) in [7, 11) is 0.949. The van der Waals surface area contributed by atoms with Crippen LogP contribution in [-0.4, -0.2) is 29.6 Å². The lowest BCUT2D eigenvalue weighted by atomic mass is 10.0. The van der Waals surface area contributed by atoms with Gasteiger partial charge in [-0.2, -0.15) is 0 Å². The molecule has 0 aromatic carbocycles. The van der Waals surface area contributed by atoms with Crippen molar-refractivity contribution in [3.05, 3.63) is 0 Å². The van der Waals surface area contributed by atoms with E-state index in [2.05, 4.69) is 20.8 Å². The third-order valence-electron chi connectivity index (χ3n) is 1.73. The maximum Gasteiger partial charge on any atom is 0.500 e. The summed E-state index contributed by atoms with van der Waals surface area (Å²) in [6.07, 6.45) is 0. The van der Waals surface area contributed by atoms with E-state index in [1.807, 2.05) is 6.92 Å². The predicted molar refractivity (Wildman–Crippen MR) is 55.7 cm³/mol. The van der Waals surface area contributed by atoms with Crippen molar-refractivity contribution >= 4 is 8.80 Å². The molecule has 3 nitrogen and oxygen atoms in total. The van der Waals surface area contributed by atoms with Gasteiger partial charge in [-0.15, -0.1) is 0 Å². The van der Waals surface area contributed by atoms with E-state index in [0.29, 0.717) is 6.61 Å². The van der Waals surface area contributed by atoms with Gasteiger partial charge in [-0.1, -0.05) is 20.8 Å². The van der Waals surface area contributed by atoms with Crippen LogP contribution in [0, 0.1) is 5.41 Å². The zero-order chi connectivity index (χ0) is 10.5. The highest BCUT2D eigenvalue weighted by Gasteiger charge is 2.42. The molecule has 13 heavy (non-hydrogen) atoms. The number of hydrogen-bond donors (Lipinski definition) is 0. The maximum atomic E-state index is 5.60. The van der Waals surface area contributed by atoms with E-state index in [0.717, 1.165) is 6.04 Å². The van der Waals surface area contributed by atoms with E-state index in [4.69, 9.17) is 13.3 Å². The van der Waals surface area contributed by atoms with Gasteiger partial charge in [0.25, 0.3) is 0 Å². The molecular formula is C9H22O3Si. The van der Waals surface area contributed by atoms with Gasteiger partial charge in [0.15, 0.2) is 0 Å². The highest BCUT2D eigenvalue weighted by Crippen LogP contribution is 2.28. The average Bonchev–Trinajstić information content (AvgIpc) is 2.01. The van der Waals surface area contributed by atoms with Crippen molar-refractivity contribution in [3.63, 3.8) is 0 Å². The first-order valence-electron chi connectivity index (χ1n) is 4.63. The van der Waals surface area contributed by atoms with Crippen molar-refractivity contribution in [2.24, 2.45) is 5.41 Å². The maximum absolute atomic E-state index is 5.60. The smallest absolute Gasteiger partial charge is 0.377 e. The lowest BCUT2D eigenvalue weighted by molar-refractivity contribution is 0.0938. The molecule has 0 N–H and O–H groups in total. The van der Waals surface area contributed by atoms with Gasteiger partial charge in [0.05, 0.1) is 0 Å². The topological polar surface area (TPSA) is 27.7 Å². The molecule has 0 atom stereocenters. The molecule has 0 unspecified atom stereocenters. The lowest BCUT2D eigenvalue weighted by Crippen LogP contribution is -2.46. The minimum absolute atomic E-state index is 0.174. The van der Waals surface area contributed by atoms with Crippen LogP contribution in [0.1, 0.15) is 27.7 Å². The number of rotatable bonds is 5. The van der Waals surface area contributed by atoms with E-state index in [1.54, 1.807) is 14.2 Å². The van der Waals surface area contributed by atoms with Crippen molar-refractivity contribution < 1.29 is 13.3 Å². The van der Waals surface area contributed by atoms with Gasteiger partial charge in [0, 0.05) is 26.9 Å². The van der Waals surface area contributed by atoms with Crippen molar-refractivity contribution in [3.8, 4) is 0 Å². The van der Waals surface area contributed by atoms with E-state index in [1.165, 1.54) is 0 Å². The van der Waals surface area contributed by atoms with Crippen molar-refractivity contribution in [1.29, 1.82) is 0 Å². The molecule has 0 saturated heterocycles. The summed E-state index contributed by atoms with van der Waals surface area (Å²) in [5, 5.41) is 0. The molecule has 0 radical (unpaired) electrons. The molecule has 4 heteroatoms. The van der Waals surface area contributed by atoms with Gasteiger partial charge < -0.3 is 13.3 Å². The predicted octanol–water partition coefficient (Wildman–Crippen LogP) is 2.30. The fraction of sp³-hybridized carbons (Fsp3) is 1.00. The molecule has 0 aliphatic heterocycles. The molecule has 0 aliphatic rings. The second kappa shape index (κ2) is 5.10. The Labute approximate surface area is 82.8 Å². The summed E-state index contributed by atoms with van der Waals surface area (Å²) in [5.41, 5.74) is 0.174. The first-order chi connectivity index (χ1) is 5.89. The quantitative estimate of drug-likeness (QED) is 0.646. The third kappa shape index (κ3) is 4.76. The Morgan fingerprint density at radius 1 is 1.08 bits per heavy atom. The molecular weight excluding hydrogens is 184 g/mol. The van der Waals surface area contributed by atoms with Crippen molar-refractivity contribution in [2.45, 2.75) is 33.7 Å². The molecule has 0 aromatic heterocycles. The van der Waals surface area contributed by atoms with Gasteiger partial charge in [-0.05, 0) is 12.3 Å². The summed E-state index contributed by atoms with van der Waals surface area (Å²) in [6.45, 7) is 9.08. The Bertz CT molecular complexity index is 138. The van der Waals surface area contributed by atoms with Gasteiger partial charge in [0.1, 0.15) is 0 Å². The zero-order valence-corrected chi connectivity index (χ0v) is 10.6. The fourth-order valence-corrected chi connectivity index (χ4v) is 3.80. The van der Waals surface area contributed by atoms with Crippen LogP contribution >= 0.6 is 0 Å². The van der Waals surface area contributed by atoms with E-state index < -0.39 is 8.80 Å². The lowest BCUT2D eigenvalue weighted by Gasteiger charge is -2.31. The molecule has 80 valence electrons. The summed E-state index contributed by atoms with van der Waals surface area (Å²) in [6, 6.07) is 0.848. The van der Waals surface area contributed by atoms with Crippen LogP contribution in [0.3, 0.4) is 0 Å². The van der Waals surface area contributed by atoms with Crippen molar-refractivity contribution in [1.82, 2.24) is 0 Å². The Kier molecular flexibility index (Phi) is 5.13. The summed E-state index contributed by atoms with van der Waals surface area (Å²) < 4.78 is 16.4. The molecule has 0 rings (SSSR count). The SMILES string of the molecule is CCO[Si](CC(C)(C)C)(OC)OC. The summed E-state index contributed by atoms with van der Waals surface area (Å²) >= 11 is 0. The normalized spacial score (nSPS) is 13.4. The molecule has 0 aliphatic carbocycles. The monoisotopic (exact) mass is 206 g/mol. The molecule has 0 amide bonds.